The molecule has 0 aromatic heterocycles. The number of rotatable bonds is 6. The van der Waals surface area contributed by atoms with E-state index in [1.807, 2.05) is 25.1 Å². The third-order valence-electron chi connectivity index (χ3n) is 3.65. The number of carbonyl (C=O) groups excluding carboxylic acids is 1. The summed E-state index contributed by atoms with van der Waals surface area (Å²) >= 11 is 12.2. The van der Waals surface area contributed by atoms with E-state index >= 15 is 0 Å². The monoisotopic (exact) mass is 367 g/mol. The summed E-state index contributed by atoms with van der Waals surface area (Å²) in [5.74, 6) is 0.869. The molecule has 1 atom stereocenters. The van der Waals surface area contributed by atoms with Crippen molar-refractivity contribution in [1.82, 2.24) is 0 Å². The Bertz CT molecular complexity index is 714. The summed E-state index contributed by atoms with van der Waals surface area (Å²) in [6.45, 7) is 1.84. The van der Waals surface area contributed by atoms with Gasteiger partial charge in [-0.05, 0) is 36.2 Å². The maximum absolute atomic E-state index is 12.4. The highest BCUT2D eigenvalue weighted by molar-refractivity contribution is 6.39. The van der Waals surface area contributed by atoms with Crippen LogP contribution in [0.25, 0.3) is 0 Å². The van der Waals surface area contributed by atoms with Gasteiger partial charge in [-0.2, -0.15) is 0 Å². The van der Waals surface area contributed by atoms with Gasteiger partial charge in [0.05, 0.1) is 30.0 Å². The zero-order chi connectivity index (χ0) is 17.7. The molecule has 0 fully saturated rings. The van der Waals surface area contributed by atoms with E-state index in [2.05, 4.69) is 5.32 Å². The van der Waals surface area contributed by atoms with E-state index in [0.29, 0.717) is 33.7 Å². The van der Waals surface area contributed by atoms with Crippen molar-refractivity contribution in [3.8, 4) is 11.5 Å². The molecule has 4 nitrogen and oxygen atoms in total. The smallest absolute Gasteiger partial charge is 0.227 e. The van der Waals surface area contributed by atoms with Crippen molar-refractivity contribution in [3.63, 3.8) is 0 Å². The molecule has 6 heteroatoms. The summed E-state index contributed by atoms with van der Waals surface area (Å²) in [6.07, 6.45) is 0.550. The zero-order valence-corrected chi connectivity index (χ0v) is 15.2. The Hall–Kier alpha value is -1.91. The number of carbonyl (C=O) groups is 1. The number of hydrogen-bond acceptors (Lipinski definition) is 3. The number of para-hydroxylation sites is 1. The largest absolute Gasteiger partial charge is 0.493 e. The Kier molecular flexibility index (Phi) is 6.35. The van der Waals surface area contributed by atoms with Crippen molar-refractivity contribution < 1.29 is 14.3 Å². The van der Waals surface area contributed by atoms with E-state index in [1.54, 1.807) is 32.4 Å². The number of hydrogen-bond donors (Lipinski definition) is 1. The predicted molar refractivity (Wildman–Crippen MR) is 97.5 cm³/mol. The van der Waals surface area contributed by atoms with Crippen molar-refractivity contribution in [3.05, 3.63) is 52.0 Å². The van der Waals surface area contributed by atoms with Crippen LogP contribution in [-0.4, -0.2) is 20.1 Å². The van der Waals surface area contributed by atoms with Crippen LogP contribution in [0.2, 0.25) is 10.0 Å². The van der Waals surface area contributed by atoms with E-state index in [-0.39, 0.29) is 11.8 Å². The van der Waals surface area contributed by atoms with Gasteiger partial charge in [-0.3, -0.25) is 4.79 Å². The maximum atomic E-state index is 12.4. The van der Waals surface area contributed by atoms with Gasteiger partial charge in [0.1, 0.15) is 0 Å². The number of amides is 1. The van der Waals surface area contributed by atoms with E-state index in [9.17, 15) is 4.79 Å². The van der Waals surface area contributed by atoms with Gasteiger partial charge in [-0.15, -0.1) is 0 Å². The summed E-state index contributed by atoms with van der Waals surface area (Å²) in [4.78, 5) is 12.4. The minimum atomic E-state index is -0.268. The van der Waals surface area contributed by atoms with Crippen LogP contribution in [0.3, 0.4) is 0 Å². The molecule has 0 radical (unpaired) electrons. The lowest BCUT2D eigenvalue weighted by atomic mass is 10.00. The highest BCUT2D eigenvalue weighted by Crippen LogP contribution is 2.31. The fourth-order valence-electron chi connectivity index (χ4n) is 2.32. The third-order valence-corrected chi connectivity index (χ3v) is 4.28. The lowest BCUT2D eigenvalue weighted by Gasteiger charge is -2.15. The van der Waals surface area contributed by atoms with Crippen LogP contribution < -0.4 is 14.8 Å². The fourth-order valence-corrected chi connectivity index (χ4v) is 2.81. The molecule has 0 spiro atoms. The zero-order valence-electron chi connectivity index (χ0n) is 13.7. The number of nitrogens with one attached hydrogen (secondary N) is 1. The second-order valence-electron chi connectivity index (χ2n) is 5.38. The Morgan fingerprint density at radius 3 is 2.29 bits per heavy atom. The molecular formula is C18H19Cl2NO3. The summed E-state index contributed by atoms with van der Waals surface area (Å²) in [5, 5.41) is 3.61. The van der Waals surface area contributed by atoms with Crippen LogP contribution >= 0.6 is 23.2 Å². The van der Waals surface area contributed by atoms with Gasteiger partial charge in [0, 0.05) is 5.92 Å². The second-order valence-corrected chi connectivity index (χ2v) is 6.19. The van der Waals surface area contributed by atoms with Crippen LogP contribution in [-0.2, 0) is 11.2 Å². The summed E-state index contributed by atoms with van der Waals surface area (Å²) in [7, 11) is 3.16. The van der Waals surface area contributed by atoms with Crippen molar-refractivity contribution in [1.29, 1.82) is 0 Å². The Labute approximate surface area is 151 Å². The Morgan fingerprint density at radius 2 is 1.71 bits per heavy atom. The fraction of sp³-hybridized carbons (Fsp3) is 0.278. The van der Waals surface area contributed by atoms with Crippen LogP contribution in [0.1, 0.15) is 12.5 Å². The molecule has 0 saturated carbocycles. The Morgan fingerprint density at radius 1 is 1.08 bits per heavy atom. The molecule has 0 aliphatic heterocycles. The van der Waals surface area contributed by atoms with Crippen molar-refractivity contribution >= 4 is 34.8 Å². The second kappa shape index (κ2) is 8.27. The highest BCUT2D eigenvalue weighted by atomic mass is 35.5. The summed E-state index contributed by atoms with van der Waals surface area (Å²) in [6, 6.07) is 10.7. The first-order valence-electron chi connectivity index (χ1n) is 7.42. The van der Waals surface area contributed by atoms with Gasteiger partial charge < -0.3 is 14.8 Å². The van der Waals surface area contributed by atoms with Crippen LogP contribution in [0, 0.1) is 5.92 Å². The third kappa shape index (κ3) is 4.34. The topological polar surface area (TPSA) is 47.6 Å². The maximum Gasteiger partial charge on any atom is 0.227 e. The first-order chi connectivity index (χ1) is 11.5. The van der Waals surface area contributed by atoms with Gasteiger partial charge in [-0.1, -0.05) is 42.3 Å². The predicted octanol–water partition coefficient (Wildman–Crippen LogP) is 4.83. The molecule has 0 aliphatic carbocycles. The number of ether oxygens (including phenoxy) is 2. The molecule has 128 valence electrons. The molecule has 1 unspecified atom stereocenters. The molecular weight excluding hydrogens is 349 g/mol. The lowest BCUT2D eigenvalue weighted by Crippen LogP contribution is -2.22. The standard InChI is InChI=1S/C18H19Cl2NO3/c1-11(9-12-7-8-15(23-2)16(10-12)24-3)18(22)21-17-13(19)5-4-6-14(17)20/h4-8,10-11H,9H2,1-3H3,(H,21,22). The molecule has 0 bridgehead atoms. The molecule has 0 aliphatic rings. The highest BCUT2D eigenvalue weighted by Gasteiger charge is 2.17. The van der Waals surface area contributed by atoms with E-state index in [0.717, 1.165) is 5.56 Å². The van der Waals surface area contributed by atoms with Crippen LogP contribution in [0.4, 0.5) is 5.69 Å². The molecule has 1 amide bonds. The van der Waals surface area contributed by atoms with Crippen LogP contribution in [0.5, 0.6) is 11.5 Å². The van der Waals surface area contributed by atoms with Crippen molar-refractivity contribution in [2.45, 2.75) is 13.3 Å². The summed E-state index contributed by atoms with van der Waals surface area (Å²) < 4.78 is 10.5. The van der Waals surface area contributed by atoms with E-state index < -0.39 is 0 Å². The number of methoxy groups -OCH3 is 2. The quantitative estimate of drug-likeness (QED) is 0.795. The summed E-state index contributed by atoms with van der Waals surface area (Å²) in [5.41, 5.74) is 1.41. The molecule has 24 heavy (non-hydrogen) atoms. The molecule has 2 aromatic rings. The number of halogens is 2. The molecule has 2 rings (SSSR count). The first-order valence-corrected chi connectivity index (χ1v) is 8.17. The van der Waals surface area contributed by atoms with Crippen molar-refractivity contribution in [2.75, 3.05) is 19.5 Å². The SMILES string of the molecule is COc1ccc(CC(C)C(=O)Nc2c(Cl)cccc2Cl)cc1OC. The normalized spacial score (nSPS) is 11.7. The Balaban J connectivity index is 2.09. The minimum absolute atomic E-state index is 0.153. The minimum Gasteiger partial charge on any atom is -0.493 e. The van der Waals surface area contributed by atoms with Gasteiger partial charge in [-0.25, -0.2) is 0 Å². The number of benzene rings is 2. The van der Waals surface area contributed by atoms with Crippen LogP contribution in [0.15, 0.2) is 36.4 Å². The average Bonchev–Trinajstić information content (AvgIpc) is 2.57. The van der Waals surface area contributed by atoms with Gasteiger partial charge in [0.2, 0.25) is 5.91 Å². The first kappa shape index (κ1) is 18.4. The lowest BCUT2D eigenvalue weighted by molar-refractivity contribution is -0.119. The van der Waals surface area contributed by atoms with E-state index in [1.165, 1.54) is 0 Å². The molecule has 0 saturated heterocycles. The van der Waals surface area contributed by atoms with Gasteiger partial charge in [0.25, 0.3) is 0 Å². The van der Waals surface area contributed by atoms with E-state index in [4.69, 9.17) is 32.7 Å². The number of anilines is 1. The van der Waals surface area contributed by atoms with Gasteiger partial charge in [0.15, 0.2) is 11.5 Å². The average molecular weight is 368 g/mol. The molecule has 2 aromatic carbocycles. The van der Waals surface area contributed by atoms with Crippen molar-refractivity contribution in [2.24, 2.45) is 5.92 Å². The molecule has 0 heterocycles. The molecule has 1 N–H and O–H groups in total. The van der Waals surface area contributed by atoms with Gasteiger partial charge >= 0.3 is 0 Å².